The summed E-state index contributed by atoms with van der Waals surface area (Å²) in [4.78, 5) is 11.1. The van der Waals surface area contributed by atoms with E-state index in [-0.39, 0.29) is 0 Å². The Hall–Kier alpha value is -7.76. The van der Waals surface area contributed by atoms with E-state index in [9.17, 15) is 0 Å². The molecular formula is C52H29N5. The van der Waals surface area contributed by atoms with Gasteiger partial charge in [-0.25, -0.2) is 4.98 Å². The Morgan fingerprint density at radius 2 is 0.912 bits per heavy atom. The largest absolute Gasteiger partial charge is 0.308 e. The summed E-state index contributed by atoms with van der Waals surface area (Å²) in [6.07, 6.45) is 0. The summed E-state index contributed by atoms with van der Waals surface area (Å²) >= 11 is 0. The predicted octanol–water partition coefficient (Wildman–Crippen LogP) is 13.3. The Bertz CT molecular complexity index is 4050. The van der Waals surface area contributed by atoms with Gasteiger partial charge in [-0.05, 0) is 58.6 Å². The van der Waals surface area contributed by atoms with Crippen molar-refractivity contribution in [1.82, 2.24) is 23.5 Å². The number of nitrogens with zero attached hydrogens (tertiary/aromatic N) is 5. The molecule has 14 rings (SSSR count). The van der Waals surface area contributed by atoms with Gasteiger partial charge < -0.3 is 4.40 Å². The maximum Gasteiger partial charge on any atom is 0.237 e. The van der Waals surface area contributed by atoms with E-state index in [4.69, 9.17) is 9.97 Å². The molecule has 0 aliphatic rings. The molecule has 0 saturated heterocycles. The summed E-state index contributed by atoms with van der Waals surface area (Å²) in [5.74, 6) is 1.51. The predicted molar refractivity (Wildman–Crippen MR) is 238 cm³/mol. The molecule has 0 aliphatic heterocycles. The SMILES string of the molecule is c1ccc2c(c1)ccc1c2c2ccccc2n1-c1nc(-n2c3cc4c5ccccc5n5c6ccccc6c(c3c3ccc6ccccc6c32)c45)c2ccccc2n1. The molecule has 0 saturated carbocycles. The highest BCUT2D eigenvalue weighted by atomic mass is 15.2. The molecule has 5 heterocycles. The van der Waals surface area contributed by atoms with Crippen molar-refractivity contribution in [2.75, 3.05) is 0 Å². The molecule has 5 nitrogen and oxygen atoms in total. The van der Waals surface area contributed by atoms with Crippen molar-refractivity contribution in [2.45, 2.75) is 0 Å². The van der Waals surface area contributed by atoms with Crippen LogP contribution in [0.2, 0.25) is 0 Å². The van der Waals surface area contributed by atoms with Gasteiger partial charge in [-0.1, -0.05) is 133 Å². The molecular weight excluding hydrogens is 695 g/mol. The average Bonchev–Trinajstić information content (AvgIpc) is 4.00. The zero-order valence-corrected chi connectivity index (χ0v) is 30.5. The third-order valence-electron chi connectivity index (χ3n) is 12.5. The van der Waals surface area contributed by atoms with Gasteiger partial charge in [0.2, 0.25) is 5.95 Å². The molecule has 14 aromatic rings. The Morgan fingerprint density at radius 3 is 1.72 bits per heavy atom. The highest BCUT2D eigenvalue weighted by Crippen LogP contribution is 2.48. The molecule has 0 fully saturated rings. The standard InChI is InChI=1S/C52H29N5/c1-3-15-32-30(13-1)26-28-44-46(32)36-19-7-12-24-43(36)56(44)52-53-40-21-9-5-18-35(40)51(54-52)57-45-29-39-34-17-6-10-22-41(34)55-42-23-11-8-20-37(42)48(50(39)55)47(45)38-27-25-31-14-2-4-16-33(31)49(38)57/h1-29H. The fourth-order valence-electron chi connectivity index (χ4n) is 10.3. The summed E-state index contributed by atoms with van der Waals surface area (Å²) < 4.78 is 7.19. The first-order valence-electron chi connectivity index (χ1n) is 19.5. The van der Waals surface area contributed by atoms with Crippen LogP contribution in [-0.4, -0.2) is 23.5 Å². The van der Waals surface area contributed by atoms with Gasteiger partial charge in [0, 0.05) is 53.9 Å². The van der Waals surface area contributed by atoms with Gasteiger partial charge in [0.1, 0.15) is 0 Å². The van der Waals surface area contributed by atoms with Gasteiger partial charge in [-0.2, -0.15) is 4.98 Å². The van der Waals surface area contributed by atoms with Crippen LogP contribution < -0.4 is 0 Å². The number of rotatable bonds is 2. The molecule has 5 aromatic heterocycles. The van der Waals surface area contributed by atoms with Gasteiger partial charge >= 0.3 is 0 Å². The summed E-state index contributed by atoms with van der Waals surface area (Å²) in [6.45, 7) is 0. The molecule has 0 radical (unpaired) electrons. The Labute approximate surface area is 324 Å². The third kappa shape index (κ3) is 3.64. The summed E-state index contributed by atoms with van der Waals surface area (Å²) in [5.41, 5.74) is 9.06. The van der Waals surface area contributed by atoms with Crippen molar-refractivity contribution in [3.05, 3.63) is 176 Å². The van der Waals surface area contributed by atoms with Crippen molar-refractivity contribution in [2.24, 2.45) is 0 Å². The van der Waals surface area contributed by atoms with E-state index < -0.39 is 0 Å². The molecule has 0 spiro atoms. The first-order valence-corrected chi connectivity index (χ1v) is 19.5. The monoisotopic (exact) mass is 723 g/mol. The van der Waals surface area contributed by atoms with Crippen LogP contribution in [0.5, 0.6) is 0 Å². The van der Waals surface area contributed by atoms with Crippen molar-refractivity contribution in [3.63, 3.8) is 0 Å². The van der Waals surface area contributed by atoms with Gasteiger partial charge in [-0.3, -0.25) is 9.13 Å². The lowest BCUT2D eigenvalue weighted by Crippen LogP contribution is -2.07. The minimum absolute atomic E-state index is 0.646. The van der Waals surface area contributed by atoms with Gasteiger partial charge in [0.05, 0.1) is 44.1 Å². The second kappa shape index (κ2) is 10.5. The number of hydrogen-bond donors (Lipinski definition) is 0. The Kier molecular flexibility index (Phi) is 5.45. The van der Waals surface area contributed by atoms with Gasteiger partial charge in [0.25, 0.3) is 0 Å². The first kappa shape index (κ1) is 29.6. The van der Waals surface area contributed by atoms with Crippen LogP contribution in [-0.2, 0) is 0 Å². The number of fused-ring (bicyclic) bond motifs is 18. The van der Waals surface area contributed by atoms with Crippen LogP contribution in [0.4, 0.5) is 0 Å². The zero-order chi connectivity index (χ0) is 36.9. The Balaban J connectivity index is 1.22. The second-order valence-corrected chi connectivity index (χ2v) is 15.3. The lowest BCUT2D eigenvalue weighted by molar-refractivity contribution is 0.974. The maximum atomic E-state index is 5.73. The van der Waals surface area contributed by atoms with Crippen LogP contribution in [0.25, 0.3) is 126 Å². The number of aromatic nitrogens is 5. The number of para-hydroxylation sites is 4. The summed E-state index contributed by atoms with van der Waals surface area (Å²) in [7, 11) is 0. The van der Waals surface area contributed by atoms with E-state index in [1.165, 1.54) is 81.2 Å². The zero-order valence-electron chi connectivity index (χ0n) is 30.5. The van der Waals surface area contributed by atoms with Crippen LogP contribution in [0.15, 0.2) is 176 Å². The number of benzene rings is 9. The van der Waals surface area contributed by atoms with Crippen molar-refractivity contribution in [3.8, 4) is 11.8 Å². The molecule has 5 heteroatoms. The van der Waals surface area contributed by atoms with Gasteiger partial charge in [-0.15, -0.1) is 0 Å². The molecule has 0 unspecified atom stereocenters. The Morgan fingerprint density at radius 1 is 0.316 bits per heavy atom. The van der Waals surface area contributed by atoms with E-state index in [0.717, 1.165) is 38.8 Å². The number of hydrogen-bond acceptors (Lipinski definition) is 2. The molecule has 9 aromatic carbocycles. The van der Waals surface area contributed by atoms with Crippen LogP contribution in [0, 0.1) is 0 Å². The summed E-state index contributed by atoms with van der Waals surface area (Å²) in [6, 6.07) is 63.8. The molecule has 0 atom stereocenters. The average molecular weight is 724 g/mol. The fraction of sp³-hybridized carbons (Fsp3) is 0. The first-order chi connectivity index (χ1) is 28.3. The lowest BCUT2D eigenvalue weighted by atomic mass is 10.0. The topological polar surface area (TPSA) is 40.0 Å². The van der Waals surface area contributed by atoms with Crippen LogP contribution in [0.3, 0.4) is 0 Å². The van der Waals surface area contributed by atoms with E-state index in [1.807, 2.05) is 0 Å². The van der Waals surface area contributed by atoms with Crippen molar-refractivity contribution < 1.29 is 0 Å². The lowest BCUT2D eigenvalue weighted by Gasteiger charge is -2.15. The normalized spacial score (nSPS) is 12.6. The molecule has 0 N–H and O–H groups in total. The molecule has 57 heavy (non-hydrogen) atoms. The van der Waals surface area contributed by atoms with Gasteiger partial charge in [0.15, 0.2) is 5.82 Å². The van der Waals surface area contributed by atoms with E-state index in [2.05, 4.69) is 189 Å². The molecule has 0 bridgehead atoms. The minimum atomic E-state index is 0.646. The van der Waals surface area contributed by atoms with Crippen LogP contribution >= 0.6 is 0 Å². The van der Waals surface area contributed by atoms with E-state index in [0.29, 0.717) is 5.95 Å². The van der Waals surface area contributed by atoms with E-state index >= 15 is 0 Å². The highest BCUT2D eigenvalue weighted by molar-refractivity contribution is 6.37. The molecule has 0 aliphatic carbocycles. The second-order valence-electron chi connectivity index (χ2n) is 15.3. The van der Waals surface area contributed by atoms with E-state index in [1.54, 1.807) is 0 Å². The third-order valence-corrected chi connectivity index (χ3v) is 12.5. The van der Waals surface area contributed by atoms with Crippen molar-refractivity contribution in [1.29, 1.82) is 0 Å². The quantitative estimate of drug-likeness (QED) is 0.178. The minimum Gasteiger partial charge on any atom is -0.308 e. The molecule has 262 valence electrons. The molecule has 0 amide bonds. The van der Waals surface area contributed by atoms with Crippen LogP contribution in [0.1, 0.15) is 0 Å². The fourth-order valence-corrected chi connectivity index (χ4v) is 10.3. The smallest absolute Gasteiger partial charge is 0.237 e. The van der Waals surface area contributed by atoms with Crippen molar-refractivity contribution >= 4 is 114 Å². The summed E-state index contributed by atoms with van der Waals surface area (Å²) in [5, 5.41) is 15.7. The highest BCUT2D eigenvalue weighted by Gasteiger charge is 2.27. The maximum absolute atomic E-state index is 5.73.